The van der Waals surface area contributed by atoms with Crippen molar-refractivity contribution in [2.45, 2.75) is 32.3 Å². The van der Waals surface area contributed by atoms with Crippen molar-refractivity contribution in [1.82, 2.24) is 4.98 Å². The third-order valence-electron chi connectivity index (χ3n) is 4.68. The minimum Gasteiger partial charge on any atom is -0.493 e. The zero-order chi connectivity index (χ0) is 16.6. The number of allylic oxidation sites excluding steroid dienone is 1. The standard InChI is InChI=1S/C19H21NO3/c1-4-12(2)17-19(3,11-21)15-16(23-17)14(10-20-18(15)22)13-8-6-5-7-9-13/h4-10,17,21H,11H2,1-3H3,(H,20,22)/b12-4+/t17?,19-/m0/s1. The molecule has 0 amide bonds. The van der Waals surface area contributed by atoms with Crippen LogP contribution in [0.2, 0.25) is 0 Å². The van der Waals surface area contributed by atoms with Crippen LogP contribution in [-0.4, -0.2) is 27.9 Å². The van der Waals surface area contributed by atoms with Gasteiger partial charge >= 0.3 is 0 Å². The number of ether oxygens (including phenoxy) is 1. The highest BCUT2D eigenvalue weighted by molar-refractivity contribution is 5.75. The van der Waals surface area contributed by atoms with Gasteiger partial charge in [-0.15, -0.1) is 0 Å². The van der Waals surface area contributed by atoms with Gasteiger partial charge in [0, 0.05) is 11.8 Å². The van der Waals surface area contributed by atoms with Gasteiger partial charge in [0.2, 0.25) is 5.88 Å². The van der Waals surface area contributed by atoms with Gasteiger partial charge < -0.3 is 14.9 Å². The van der Waals surface area contributed by atoms with Gasteiger partial charge in [-0.3, -0.25) is 0 Å². The van der Waals surface area contributed by atoms with Crippen LogP contribution in [0.15, 0.2) is 48.2 Å². The van der Waals surface area contributed by atoms with E-state index in [2.05, 4.69) is 4.98 Å². The van der Waals surface area contributed by atoms with Crippen LogP contribution in [0.1, 0.15) is 26.3 Å². The number of fused-ring (bicyclic) bond motifs is 1. The summed E-state index contributed by atoms with van der Waals surface area (Å²) >= 11 is 0. The second kappa shape index (κ2) is 5.70. The van der Waals surface area contributed by atoms with Gasteiger partial charge in [-0.25, -0.2) is 4.98 Å². The van der Waals surface area contributed by atoms with Crippen LogP contribution in [0.25, 0.3) is 11.1 Å². The smallest absolute Gasteiger partial charge is 0.218 e. The van der Waals surface area contributed by atoms with Crippen molar-refractivity contribution in [2.75, 3.05) is 6.61 Å². The van der Waals surface area contributed by atoms with Crippen molar-refractivity contribution in [3.63, 3.8) is 0 Å². The molecular weight excluding hydrogens is 290 g/mol. The summed E-state index contributed by atoms with van der Waals surface area (Å²) in [6.07, 6.45) is 3.26. The van der Waals surface area contributed by atoms with Crippen LogP contribution in [-0.2, 0) is 5.41 Å². The fraction of sp³-hybridized carbons (Fsp3) is 0.316. The summed E-state index contributed by atoms with van der Waals surface area (Å²) in [5.41, 5.74) is 2.65. The lowest BCUT2D eigenvalue weighted by Crippen LogP contribution is -2.39. The summed E-state index contributed by atoms with van der Waals surface area (Å²) in [7, 11) is 0. The predicted molar refractivity (Wildman–Crippen MR) is 89.6 cm³/mol. The van der Waals surface area contributed by atoms with E-state index in [4.69, 9.17) is 4.74 Å². The van der Waals surface area contributed by atoms with Gasteiger partial charge in [0.05, 0.1) is 17.6 Å². The lowest BCUT2D eigenvalue weighted by Gasteiger charge is -2.28. The lowest BCUT2D eigenvalue weighted by molar-refractivity contribution is 0.122. The Balaban J connectivity index is 2.24. The molecule has 0 bridgehead atoms. The number of hydrogen-bond donors (Lipinski definition) is 2. The van der Waals surface area contributed by atoms with Crippen LogP contribution in [0.4, 0.5) is 0 Å². The molecule has 0 aliphatic carbocycles. The molecule has 2 N–H and O–H groups in total. The Bertz CT molecular complexity index is 755. The SMILES string of the molecule is C/C=C(\C)C1Oc2c(-c3ccccc3)cnc(O)c2[C@]1(C)CO. The molecule has 0 spiro atoms. The van der Waals surface area contributed by atoms with Gasteiger partial charge in [0.1, 0.15) is 11.9 Å². The summed E-state index contributed by atoms with van der Waals surface area (Å²) in [6, 6.07) is 9.80. The van der Waals surface area contributed by atoms with Gasteiger partial charge in [0.25, 0.3) is 0 Å². The molecule has 1 aromatic heterocycles. The van der Waals surface area contributed by atoms with E-state index in [1.807, 2.05) is 57.2 Å². The zero-order valence-electron chi connectivity index (χ0n) is 13.6. The van der Waals surface area contributed by atoms with Gasteiger partial charge in [-0.1, -0.05) is 36.4 Å². The molecule has 2 atom stereocenters. The Morgan fingerprint density at radius 2 is 2.04 bits per heavy atom. The van der Waals surface area contributed by atoms with E-state index >= 15 is 0 Å². The molecule has 1 aromatic carbocycles. The predicted octanol–water partition coefficient (Wildman–Crippen LogP) is 3.43. The van der Waals surface area contributed by atoms with E-state index in [1.165, 1.54) is 0 Å². The van der Waals surface area contributed by atoms with Crippen molar-refractivity contribution >= 4 is 0 Å². The van der Waals surface area contributed by atoms with E-state index in [0.717, 1.165) is 16.7 Å². The monoisotopic (exact) mass is 311 g/mol. The molecule has 1 aliphatic rings. The number of benzene rings is 1. The maximum Gasteiger partial charge on any atom is 0.218 e. The van der Waals surface area contributed by atoms with Crippen LogP contribution in [0.5, 0.6) is 11.6 Å². The molecular formula is C19H21NO3. The largest absolute Gasteiger partial charge is 0.493 e. The Labute approximate surface area is 136 Å². The first-order chi connectivity index (χ1) is 11.0. The number of aromatic hydroxyl groups is 1. The summed E-state index contributed by atoms with van der Waals surface area (Å²) in [4.78, 5) is 4.14. The summed E-state index contributed by atoms with van der Waals surface area (Å²) < 4.78 is 6.20. The van der Waals surface area contributed by atoms with Crippen LogP contribution in [0.3, 0.4) is 0 Å². The summed E-state index contributed by atoms with van der Waals surface area (Å²) in [6.45, 7) is 5.67. The highest BCUT2D eigenvalue weighted by atomic mass is 16.5. The third kappa shape index (κ3) is 2.30. The lowest BCUT2D eigenvalue weighted by atomic mass is 9.77. The Kier molecular flexibility index (Phi) is 3.86. The molecule has 0 fully saturated rings. The third-order valence-corrected chi connectivity index (χ3v) is 4.68. The van der Waals surface area contributed by atoms with Gasteiger partial charge in [-0.2, -0.15) is 0 Å². The average molecular weight is 311 g/mol. The Morgan fingerprint density at radius 1 is 1.35 bits per heavy atom. The second-order valence-corrected chi connectivity index (χ2v) is 6.17. The van der Waals surface area contributed by atoms with Crippen LogP contribution >= 0.6 is 0 Å². The maximum absolute atomic E-state index is 10.3. The van der Waals surface area contributed by atoms with Crippen molar-refractivity contribution in [3.05, 3.63) is 53.7 Å². The Hall–Kier alpha value is -2.33. The van der Waals surface area contributed by atoms with E-state index in [0.29, 0.717) is 11.3 Å². The number of pyridine rings is 1. The Morgan fingerprint density at radius 3 is 2.65 bits per heavy atom. The average Bonchev–Trinajstić information content (AvgIpc) is 2.90. The molecule has 1 unspecified atom stereocenters. The molecule has 4 heteroatoms. The number of aliphatic hydroxyl groups excluding tert-OH is 1. The van der Waals surface area contributed by atoms with E-state index in [-0.39, 0.29) is 18.6 Å². The molecule has 2 heterocycles. The minimum atomic E-state index is -0.728. The quantitative estimate of drug-likeness (QED) is 0.853. The number of nitrogens with zero attached hydrogens (tertiary/aromatic N) is 1. The number of hydrogen-bond acceptors (Lipinski definition) is 4. The minimum absolute atomic E-state index is 0.0809. The molecule has 120 valence electrons. The maximum atomic E-state index is 10.3. The number of aliphatic hydroxyl groups is 1. The van der Waals surface area contributed by atoms with Crippen LogP contribution in [0, 0.1) is 0 Å². The van der Waals surface area contributed by atoms with Gasteiger partial charge in [0.15, 0.2) is 0 Å². The van der Waals surface area contributed by atoms with E-state index in [1.54, 1.807) is 6.20 Å². The molecule has 3 rings (SSSR count). The van der Waals surface area contributed by atoms with Crippen molar-refractivity contribution in [1.29, 1.82) is 0 Å². The van der Waals surface area contributed by atoms with Crippen molar-refractivity contribution < 1.29 is 14.9 Å². The highest BCUT2D eigenvalue weighted by Crippen LogP contribution is 2.52. The first-order valence-corrected chi connectivity index (χ1v) is 7.71. The van der Waals surface area contributed by atoms with E-state index in [9.17, 15) is 10.2 Å². The molecule has 23 heavy (non-hydrogen) atoms. The summed E-state index contributed by atoms with van der Waals surface area (Å²) in [5.74, 6) is 0.522. The normalized spacial score (nSPS) is 23.5. The first kappa shape index (κ1) is 15.6. The second-order valence-electron chi connectivity index (χ2n) is 6.17. The molecule has 4 nitrogen and oxygen atoms in total. The van der Waals surface area contributed by atoms with Gasteiger partial charge in [-0.05, 0) is 31.9 Å². The fourth-order valence-corrected chi connectivity index (χ4v) is 3.23. The number of aromatic nitrogens is 1. The first-order valence-electron chi connectivity index (χ1n) is 7.71. The topological polar surface area (TPSA) is 62.6 Å². The highest BCUT2D eigenvalue weighted by Gasteiger charge is 2.49. The molecule has 0 radical (unpaired) electrons. The zero-order valence-corrected chi connectivity index (χ0v) is 13.6. The molecule has 1 aliphatic heterocycles. The van der Waals surface area contributed by atoms with Crippen molar-refractivity contribution in [3.8, 4) is 22.8 Å². The summed E-state index contributed by atoms with van der Waals surface area (Å²) in [5, 5.41) is 20.3. The molecule has 0 saturated carbocycles. The van der Waals surface area contributed by atoms with Crippen molar-refractivity contribution in [2.24, 2.45) is 0 Å². The number of rotatable bonds is 3. The van der Waals surface area contributed by atoms with E-state index < -0.39 is 5.41 Å². The fourth-order valence-electron chi connectivity index (χ4n) is 3.23. The van der Waals surface area contributed by atoms with Crippen LogP contribution < -0.4 is 4.74 Å². The molecule has 0 saturated heterocycles. The molecule has 2 aromatic rings.